The van der Waals surface area contributed by atoms with Crippen LogP contribution in [0.5, 0.6) is 0 Å². The summed E-state index contributed by atoms with van der Waals surface area (Å²) in [5, 5.41) is 7.18. The van der Waals surface area contributed by atoms with Crippen molar-refractivity contribution in [2.24, 2.45) is 0 Å². The van der Waals surface area contributed by atoms with E-state index in [1.54, 1.807) is 0 Å². The summed E-state index contributed by atoms with van der Waals surface area (Å²) in [6, 6.07) is 68.6. The van der Waals surface area contributed by atoms with E-state index >= 15 is 0 Å². The zero-order valence-corrected chi connectivity index (χ0v) is 30.8. The Bertz CT molecular complexity index is 3130. The fourth-order valence-electron chi connectivity index (χ4n) is 9.08. The molecule has 9 aromatic carbocycles. The van der Waals surface area contributed by atoms with Crippen LogP contribution in [0.15, 0.2) is 192 Å². The van der Waals surface area contributed by atoms with Gasteiger partial charge in [-0.25, -0.2) is 0 Å². The maximum absolute atomic E-state index is 6.33. The summed E-state index contributed by atoms with van der Waals surface area (Å²) in [6.45, 7) is 4.70. The maximum atomic E-state index is 6.33. The van der Waals surface area contributed by atoms with Crippen molar-refractivity contribution in [3.05, 3.63) is 199 Å². The highest BCUT2D eigenvalue weighted by Gasteiger charge is 2.37. The Kier molecular flexibility index (Phi) is 6.93. The molecule has 10 aromatic rings. The Labute approximate surface area is 320 Å². The van der Waals surface area contributed by atoms with E-state index in [-0.39, 0.29) is 5.41 Å². The number of rotatable bonds is 5. The molecule has 0 saturated heterocycles. The molecule has 0 fully saturated rings. The number of fused-ring (bicyclic) bond motifs is 8. The van der Waals surface area contributed by atoms with E-state index in [1.165, 1.54) is 71.7 Å². The topological polar surface area (TPSA) is 16.4 Å². The van der Waals surface area contributed by atoms with E-state index in [9.17, 15) is 0 Å². The molecule has 1 aliphatic carbocycles. The van der Waals surface area contributed by atoms with Gasteiger partial charge in [0.25, 0.3) is 0 Å². The second-order valence-electron chi connectivity index (χ2n) is 15.3. The molecule has 0 saturated carbocycles. The maximum Gasteiger partial charge on any atom is 0.136 e. The molecule has 0 unspecified atom stereocenters. The third-order valence-electron chi connectivity index (χ3n) is 11.8. The summed E-state index contributed by atoms with van der Waals surface area (Å²) in [6.07, 6.45) is 0. The van der Waals surface area contributed by atoms with Crippen LogP contribution < -0.4 is 4.90 Å². The van der Waals surface area contributed by atoms with Gasteiger partial charge in [0.05, 0.1) is 5.69 Å². The molecule has 0 radical (unpaired) electrons. The Hall–Kier alpha value is -6.90. The molecular formula is C53H37NO. The lowest BCUT2D eigenvalue weighted by molar-refractivity contribution is 0.660. The smallest absolute Gasteiger partial charge is 0.136 e. The van der Waals surface area contributed by atoms with E-state index in [0.717, 1.165) is 33.3 Å². The number of hydrogen-bond acceptors (Lipinski definition) is 2. The molecule has 0 aliphatic heterocycles. The number of anilines is 3. The van der Waals surface area contributed by atoms with Gasteiger partial charge in [0.1, 0.15) is 11.2 Å². The zero-order chi connectivity index (χ0) is 36.7. The fraction of sp³-hybridized carbons (Fsp3) is 0.0566. The van der Waals surface area contributed by atoms with Gasteiger partial charge >= 0.3 is 0 Å². The summed E-state index contributed by atoms with van der Waals surface area (Å²) < 4.78 is 6.33. The molecule has 1 aromatic heterocycles. The molecule has 0 bridgehead atoms. The van der Waals surface area contributed by atoms with Gasteiger partial charge in [-0.05, 0) is 115 Å². The van der Waals surface area contributed by atoms with Gasteiger partial charge in [-0.2, -0.15) is 0 Å². The van der Waals surface area contributed by atoms with E-state index in [2.05, 4.69) is 195 Å². The van der Waals surface area contributed by atoms with E-state index in [1.807, 2.05) is 12.1 Å². The third-order valence-corrected chi connectivity index (χ3v) is 11.8. The molecule has 0 N–H and O–H groups in total. The van der Waals surface area contributed by atoms with Crippen molar-refractivity contribution >= 4 is 60.5 Å². The Balaban J connectivity index is 1.08. The highest BCUT2D eigenvalue weighted by molar-refractivity contribution is 6.12. The van der Waals surface area contributed by atoms with E-state index in [0.29, 0.717) is 0 Å². The van der Waals surface area contributed by atoms with Crippen LogP contribution in [0.4, 0.5) is 17.1 Å². The van der Waals surface area contributed by atoms with Crippen molar-refractivity contribution in [3.63, 3.8) is 0 Å². The van der Waals surface area contributed by atoms with Crippen LogP contribution in [-0.2, 0) is 5.41 Å². The first-order valence-electron chi connectivity index (χ1n) is 19.1. The number of hydrogen-bond donors (Lipinski definition) is 0. The summed E-state index contributed by atoms with van der Waals surface area (Å²) in [5.41, 5.74) is 15.2. The zero-order valence-electron chi connectivity index (χ0n) is 30.8. The predicted octanol–water partition coefficient (Wildman–Crippen LogP) is 15.0. The standard InChI is InChI=1S/C53H37NO/c1-53(2)47-20-7-5-18-44(47)52-48(53)21-11-22-49(52)54(41-16-9-14-37(31-41)38-25-24-34-12-3-4-13-36(34)30-38)40-28-26-35(27-29-40)42-19-10-15-39-32-46-43-17-6-8-23-50(43)55-51(46)33-45(39)42/h3-33H,1-2H3. The minimum atomic E-state index is -0.107. The second kappa shape index (κ2) is 12.1. The summed E-state index contributed by atoms with van der Waals surface area (Å²) >= 11 is 0. The first-order chi connectivity index (χ1) is 27.0. The van der Waals surface area contributed by atoms with Crippen LogP contribution in [0.2, 0.25) is 0 Å². The van der Waals surface area contributed by atoms with Crippen molar-refractivity contribution in [1.82, 2.24) is 0 Å². The number of benzene rings is 9. The highest BCUT2D eigenvalue weighted by atomic mass is 16.3. The molecule has 11 rings (SSSR count). The number of nitrogens with zero attached hydrogens (tertiary/aromatic N) is 1. The lowest BCUT2D eigenvalue weighted by Crippen LogP contribution is -2.16. The Morgan fingerprint density at radius 1 is 0.400 bits per heavy atom. The molecule has 0 amide bonds. The quantitative estimate of drug-likeness (QED) is 0.177. The van der Waals surface area contributed by atoms with Gasteiger partial charge in [0.2, 0.25) is 0 Å². The first-order valence-corrected chi connectivity index (χ1v) is 19.1. The van der Waals surface area contributed by atoms with Crippen molar-refractivity contribution < 1.29 is 4.42 Å². The van der Waals surface area contributed by atoms with Gasteiger partial charge < -0.3 is 9.32 Å². The second-order valence-corrected chi connectivity index (χ2v) is 15.3. The van der Waals surface area contributed by atoms with Crippen molar-refractivity contribution in [2.45, 2.75) is 19.3 Å². The van der Waals surface area contributed by atoms with Crippen LogP contribution in [0, 0.1) is 0 Å². The van der Waals surface area contributed by atoms with Gasteiger partial charge in [-0.3, -0.25) is 0 Å². The van der Waals surface area contributed by atoms with E-state index < -0.39 is 0 Å². The van der Waals surface area contributed by atoms with Crippen LogP contribution in [0.25, 0.3) is 76.9 Å². The molecule has 0 spiro atoms. The van der Waals surface area contributed by atoms with Gasteiger partial charge in [-0.1, -0.05) is 147 Å². The predicted molar refractivity (Wildman–Crippen MR) is 232 cm³/mol. The van der Waals surface area contributed by atoms with Crippen molar-refractivity contribution in [1.29, 1.82) is 0 Å². The molecule has 260 valence electrons. The minimum Gasteiger partial charge on any atom is -0.456 e. The van der Waals surface area contributed by atoms with Gasteiger partial charge in [0, 0.05) is 33.1 Å². The van der Waals surface area contributed by atoms with Gasteiger partial charge in [0.15, 0.2) is 0 Å². The Morgan fingerprint density at radius 2 is 1.09 bits per heavy atom. The molecule has 2 heteroatoms. The molecule has 1 heterocycles. The van der Waals surface area contributed by atoms with Crippen LogP contribution in [0.1, 0.15) is 25.0 Å². The molecule has 55 heavy (non-hydrogen) atoms. The van der Waals surface area contributed by atoms with Crippen molar-refractivity contribution in [2.75, 3.05) is 4.90 Å². The SMILES string of the molecule is CC1(C)c2ccccc2-c2c(N(c3ccc(-c4cccc5cc6c(cc45)oc4ccccc46)cc3)c3cccc(-c4ccc5ccccc5c4)c3)cccc21. The van der Waals surface area contributed by atoms with Crippen LogP contribution in [-0.4, -0.2) is 0 Å². The summed E-state index contributed by atoms with van der Waals surface area (Å²) in [7, 11) is 0. The molecule has 2 nitrogen and oxygen atoms in total. The molecular weight excluding hydrogens is 667 g/mol. The highest BCUT2D eigenvalue weighted by Crippen LogP contribution is 2.54. The Morgan fingerprint density at radius 3 is 2.00 bits per heavy atom. The number of para-hydroxylation sites is 1. The average Bonchev–Trinajstić information content (AvgIpc) is 3.71. The van der Waals surface area contributed by atoms with Crippen LogP contribution >= 0.6 is 0 Å². The van der Waals surface area contributed by atoms with Crippen molar-refractivity contribution in [3.8, 4) is 33.4 Å². The lowest BCUT2D eigenvalue weighted by Gasteiger charge is -2.29. The van der Waals surface area contributed by atoms with Gasteiger partial charge in [-0.15, -0.1) is 0 Å². The van der Waals surface area contributed by atoms with Crippen LogP contribution in [0.3, 0.4) is 0 Å². The largest absolute Gasteiger partial charge is 0.456 e. The lowest BCUT2D eigenvalue weighted by atomic mass is 9.82. The summed E-state index contributed by atoms with van der Waals surface area (Å²) in [5.74, 6) is 0. The monoisotopic (exact) mass is 703 g/mol. The third kappa shape index (κ3) is 4.95. The fourth-order valence-corrected chi connectivity index (χ4v) is 9.08. The summed E-state index contributed by atoms with van der Waals surface area (Å²) in [4.78, 5) is 2.45. The molecule has 0 atom stereocenters. The first kappa shape index (κ1) is 31.6. The average molecular weight is 704 g/mol. The normalized spacial score (nSPS) is 13.1. The molecule has 1 aliphatic rings. The minimum absolute atomic E-state index is 0.107. The van der Waals surface area contributed by atoms with E-state index in [4.69, 9.17) is 4.42 Å². The number of furan rings is 1.